The molecule has 1 N–H and O–H groups in total. The summed E-state index contributed by atoms with van der Waals surface area (Å²) < 4.78 is 25.6. The summed E-state index contributed by atoms with van der Waals surface area (Å²) in [5.41, 5.74) is -0.0405. The summed E-state index contributed by atoms with van der Waals surface area (Å²) in [6.07, 6.45) is -1.29. The van der Waals surface area contributed by atoms with Crippen molar-refractivity contribution in [2.75, 3.05) is 0 Å². The Labute approximate surface area is 172 Å². The van der Waals surface area contributed by atoms with E-state index in [0.717, 1.165) is 13.5 Å². The van der Waals surface area contributed by atoms with Gasteiger partial charge in [-0.25, -0.2) is 0 Å². The van der Waals surface area contributed by atoms with Crippen LogP contribution in [-0.4, -0.2) is 53.7 Å². The van der Waals surface area contributed by atoms with Crippen molar-refractivity contribution in [3.05, 3.63) is 0 Å². The zero-order valence-corrected chi connectivity index (χ0v) is 18.3. The summed E-state index contributed by atoms with van der Waals surface area (Å²) in [4.78, 5) is 11.6. The van der Waals surface area contributed by atoms with Crippen molar-refractivity contribution in [1.82, 2.24) is 0 Å². The zero-order valence-electron chi connectivity index (χ0n) is 15.0. The van der Waals surface area contributed by atoms with Crippen LogP contribution < -0.4 is 0 Å². The molecular weight excluding hydrogens is 421 g/mol. The van der Waals surface area contributed by atoms with E-state index >= 15 is 0 Å². The molecule has 1 radical (unpaired) electrons. The molecule has 0 aromatic rings. The molecule has 145 valence electrons. The van der Waals surface area contributed by atoms with E-state index in [-0.39, 0.29) is 32.1 Å². The monoisotopic (exact) mass is 442 g/mol. The molecule has 1 aliphatic rings. The van der Waals surface area contributed by atoms with Crippen LogP contribution >= 0.6 is 43.3 Å². The van der Waals surface area contributed by atoms with Crippen molar-refractivity contribution in [2.24, 2.45) is 11.8 Å². The normalized spacial score (nSPS) is 30.5. The molecule has 1 aliphatic heterocycles. The predicted octanol–water partition coefficient (Wildman–Crippen LogP) is 3.32. The van der Waals surface area contributed by atoms with Crippen molar-refractivity contribution in [2.45, 2.75) is 62.1 Å². The molecule has 0 aromatic heterocycles. The molecule has 1 heterocycles. The SMILES string of the molecule is CC[C@H](C)C1OC(OC(=N)C(Cl)(Cl)Cl)C(OC(C)=O)[C@@H](C)[C@@H]1P[B]B=O. The van der Waals surface area contributed by atoms with Gasteiger partial charge in [-0.1, -0.05) is 0 Å². The molecule has 12 heteroatoms. The quantitative estimate of drug-likeness (QED) is 0.163. The number of halogens is 3. The fourth-order valence-electron chi connectivity index (χ4n) is 2.82. The molecule has 0 bridgehead atoms. The number of rotatable bonds is 7. The Hall–Kier alpha value is 0.130. The molecule has 1 fully saturated rings. The minimum atomic E-state index is -2.05. The van der Waals surface area contributed by atoms with E-state index in [0.29, 0.717) is 0 Å². The van der Waals surface area contributed by atoms with Gasteiger partial charge in [0.1, 0.15) is 0 Å². The van der Waals surface area contributed by atoms with Gasteiger partial charge in [0, 0.05) is 0 Å². The molecule has 0 saturated carbocycles. The van der Waals surface area contributed by atoms with Crippen LogP contribution in [0.2, 0.25) is 0 Å². The molecule has 0 aliphatic carbocycles. The van der Waals surface area contributed by atoms with Crippen LogP contribution in [-0.2, 0) is 23.7 Å². The second-order valence-electron chi connectivity index (χ2n) is 6.23. The zero-order chi connectivity index (χ0) is 20.1. The van der Waals surface area contributed by atoms with Crippen LogP contribution in [0.5, 0.6) is 0 Å². The molecule has 0 aromatic carbocycles. The average molecular weight is 443 g/mol. The topological polar surface area (TPSA) is 85.7 Å². The van der Waals surface area contributed by atoms with Crippen molar-refractivity contribution < 1.29 is 23.7 Å². The van der Waals surface area contributed by atoms with Crippen LogP contribution in [0.1, 0.15) is 34.1 Å². The minimum absolute atomic E-state index is 0.0405. The van der Waals surface area contributed by atoms with Crippen LogP contribution in [0.25, 0.3) is 0 Å². The Balaban J connectivity index is 3.14. The van der Waals surface area contributed by atoms with Gasteiger partial charge in [0.2, 0.25) is 0 Å². The van der Waals surface area contributed by atoms with Crippen molar-refractivity contribution in [3.63, 3.8) is 0 Å². The van der Waals surface area contributed by atoms with E-state index in [9.17, 15) is 9.50 Å². The average Bonchev–Trinajstić information content (AvgIpc) is 2.54. The first kappa shape index (κ1) is 24.2. The van der Waals surface area contributed by atoms with Crippen molar-refractivity contribution >= 4 is 69.1 Å². The Bertz CT molecular complexity index is 525. The fraction of sp³-hybridized carbons (Fsp3) is 0.857. The standard InChI is InChI=1S/C14H22B2Cl3NO5P/c1-5-6(2)9-11(26-16-15-22)7(3)10(23-8(4)21)12(24-9)25-13(20)14(17,18)19/h6-7,9-12,20,26H,5H2,1-4H3/t6-,7+,9?,10?,11-,12?/m0/s1. The van der Waals surface area contributed by atoms with Crippen molar-refractivity contribution in [3.8, 4) is 0 Å². The number of carbonyl (C=O) groups is 1. The van der Waals surface area contributed by atoms with Gasteiger partial charge in [0.15, 0.2) is 0 Å². The number of esters is 1. The molecule has 1 rings (SSSR count). The molecule has 4 unspecified atom stereocenters. The van der Waals surface area contributed by atoms with E-state index in [1.807, 2.05) is 20.8 Å². The first-order valence-corrected chi connectivity index (χ1v) is 10.5. The Morgan fingerprint density at radius 1 is 1.38 bits per heavy atom. The Morgan fingerprint density at radius 2 is 2.00 bits per heavy atom. The predicted molar refractivity (Wildman–Crippen MR) is 106 cm³/mol. The van der Waals surface area contributed by atoms with Gasteiger partial charge in [0.05, 0.1) is 0 Å². The second kappa shape index (κ2) is 10.6. The molecular formula is C14H22B2Cl3NO5P. The van der Waals surface area contributed by atoms with Crippen LogP contribution in [0.4, 0.5) is 0 Å². The molecule has 0 amide bonds. The van der Waals surface area contributed by atoms with Gasteiger partial charge < -0.3 is 0 Å². The first-order valence-electron chi connectivity index (χ1n) is 8.21. The van der Waals surface area contributed by atoms with Crippen LogP contribution in [0.3, 0.4) is 0 Å². The third-order valence-corrected chi connectivity index (χ3v) is 6.44. The van der Waals surface area contributed by atoms with Gasteiger partial charge >= 0.3 is 172 Å². The summed E-state index contributed by atoms with van der Waals surface area (Å²) >= 11 is 17.1. The molecule has 7 atom stereocenters. The fourth-order valence-corrected chi connectivity index (χ4v) is 4.34. The van der Waals surface area contributed by atoms with Crippen LogP contribution in [0.15, 0.2) is 0 Å². The van der Waals surface area contributed by atoms with Gasteiger partial charge in [0.25, 0.3) is 0 Å². The number of hydrogen-bond donors (Lipinski definition) is 1. The third-order valence-electron chi connectivity index (χ3n) is 4.35. The van der Waals surface area contributed by atoms with Gasteiger partial charge in [-0.2, -0.15) is 0 Å². The van der Waals surface area contributed by atoms with Gasteiger partial charge in [-0.05, 0) is 0 Å². The third kappa shape index (κ3) is 6.63. The number of hydrogen-bond acceptors (Lipinski definition) is 6. The summed E-state index contributed by atoms with van der Waals surface area (Å²) in [5.74, 6) is -1.15. The summed E-state index contributed by atoms with van der Waals surface area (Å²) in [7, 11) is 0.949. The number of alkyl halides is 3. The molecule has 6 nitrogen and oxygen atoms in total. The molecule has 26 heavy (non-hydrogen) atoms. The number of carbonyl (C=O) groups excluding carboxylic acids is 1. The summed E-state index contributed by atoms with van der Waals surface area (Å²) in [6.45, 7) is 8.78. The summed E-state index contributed by atoms with van der Waals surface area (Å²) in [5, 5.41) is 7.80. The van der Waals surface area contributed by atoms with Gasteiger partial charge in [-0.15, -0.1) is 0 Å². The Kier molecular flexibility index (Phi) is 9.87. The number of ether oxygens (including phenoxy) is 3. The van der Waals surface area contributed by atoms with E-state index in [4.69, 9.17) is 54.4 Å². The van der Waals surface area contributed by atoms with E-state index in [1.54, 1.807) is 6.89 Å². The maximum atomic E-state index is 11.6. The van der Waals surface area contributed by atoms with Crippen LogP contribution in [0, 0.1) is 17.2 Å². The Morgan fingerprint density at radius 3 is 2.46 bits per heavy atom. The first-order chi connectivity index (χ1) is 12.0. The van der Waals surface area contributed by atoms with Crippen molar-refractivity contribution in [1.29, 1.82) is 5.41 Å². The number of nitrogens with one attached hydrogen (secondary N) is 1. The summed E-state index contributed by atoms with van der Waals surface area (Å²) in [6, 6.07) is 0. The maximum absolute atomic E-state index is 11.6. The second-order valence-corrected chi connectivity index (χ2v) is 9.84. The van der Waals surface area contributed by atoms with Gasteiger partial charge in [-0.3, -0.25) is 0 Å². The molecule has 0 spiro atoms. The molecule has 1 saturated heterocycles. The van der Waals surface area contributed by atoms with E-state index < -0.39 is 28.1 Å². The van der Waals surface area contributed by atoms with E-state index in [1.165, 1.54) is 6.92 Å². The van der Waals surface area contributed by atoms with E-state index in [2.05, 4.69) is 0 Å².